The largest absolute Gasteiger partial charge is 0.490 e. The van der Waals surface area contributed by atoms with Crippen LogP contribution in [0.2, 0.25) is 0 Å². The first-order valence-corrected chi connectivity index (χ1v) is 16.8. The highest BCUT2D eigenvalue weighted by Gasteiger charge is 2.18. The number of carboxylic acid groups (broad SMARTS) is 2. The molecule has 0 aliphatic heterocycles. The van der Waals surface area contributed by atoms with Gasteiger partial charge in [0.1, 0.15) is 24.7 Å². The predicted octanol–water partition coefficient (Wildman–Crippen LogP) is 8.38. The van der Waals surface area contributed by atoms with Crippen LogP contribution in [0.1, 0.15) is 49.9 Å². The topological polar surface area (TPSA) is 112 Å². The van der Waals surface area contributed by atoms with Crippen molar-refractivity contribution in [2.24, 2.45) is 0 Å². The van der Waals surface area contributed by atoms with Crippen molar-refractivity contribution in [1.29, 1.82) is 0 Å². The maximum atomic E-state index is 11.3. The van der Waals surface area contributed by atoms with Gasteiger partial charge in [-0.25, -0.2) is 9.59 Å². The number of hydrogen-bond donors (Lipinski definition) is 2. The highest BCUT2D eigenvalue weighted by molar-refractivity contribution is 5.74. The Morgan fingerprint density at radius 1 is 0.560 bits per heavy atom. The smallest absolute Gasteiger partial charge is 0.333 e. The van der Waals surface area contributed by atoms with Gasteiger partial charge in [0, 0.05) is 26.1 Å². The Labute approximate surface area is 294 Å². The number of benzene rings is 4. The quantitative estimate of drug-likeness (QED) is 0.102. The zero-order chi connectivity index (χ0) is 35.9. The Bertz CT molecular complexity index is 1590. The molecule has 0 heterocycles. The third-order valence-corrected chi connectivity index (χ3v) is 8.27. The number of ether oxygens (including phenoxy) is 4. The zero-order valence-electron chi connectivity index (χ0n) is 29.1. The van der Waals surface area contributed by atoms with Crippen LogP contribution < -0.4 is 9.47 Å². The molecule has 4 rings (SSSR count). The lowest BCUT2D eigenvalue weighted by Gasteiger charge is -2.12. The Morgan fingerprint density at radius 3 is 1.20 bits per heavy atom. The van der Waals surface area contributed by atoms with Gasteiger partial charge in [-0.15, -0.1) is 0 Å². The van der Waals surface area contributed by atoms with Gasteiger partial charge >= 0.3 is 11.9 Å². The van der Waals surface area contributed by atoms with Crippen molar-refractivity contribution in [3.05, 3.63) is 131 Å². The summed E-state index contributed by atoms with van der Waals surface area (Å²) in [5.74, 6) is -0.489. The van der Waals surface area contributed by atoms with Crippen LogP contribution in [-0.2, 0) is 31.9 Å². The number of rotatable bonds is 19. The molecule has 0 aromatic heterocycles. The third kappa shape index (κ3) is 11.5. The van der Waals surface area contributed by atoms with Gasteiger partial charge in [-0.2, -0.15) is 0 Å². The zero-order valence-corrected chi connectivity index (χ0v) is 29.1. The molecule has 2 unspecified atom stereocenters. The van der Waals surface area contributed by atoms with E-state index in [9.17, 15) is 19.8 Å². The van der Waals surface area contributed by atoms with E-state index in [4.69, 9.17) is 18.9 Å². The molecule has 0 bridgehead atoms. The summed E-state index contributed by atoms with van der Waals surface area (Å²) in [7, 11) is 0. The van der Waals surface area contributed by atoms with Crippen LogP contribution >= 0.6 is 0 Å². The first-order chi connectivity index (χ1) is 24.2. The van der Waals surface area contributed by atoms with Crippen molar-refractivity contribution in [1.82, 2.24) is 0 Å². The van der Waals surface area contributed by atoms with Gasteiger partial charge in [-0.3, -0.25) is 0 Å². The van der Waals surface area contributed by atoms with E-state index in [0.717, 1.165) is 56.0 Å². The van der Waals surface area contributed by atoms with Crippen molar-refractivity contribution in [2.75, 3.05) is 26.4 Å². The summed E-state index contributed by atoms with van der Waals surface area (Å²) < 4.78 is 22.4. The van der Waals surface area contributed by atoms with Crippen LogP contribution in [0.15, 0.2) is 109 Å². The molecule has 8 heteroatoms. The Morgan fingerprint density at radius 2 is 0.900 bits per heavy atom. The maximum Gasteiger partial charge on any atom is 0.333 e. The van der Waals surface area contributed by atoms with Crippen LogP contribution in [0.3, 0.4) is 0 Å². The molecule has 2 atom stereocenters. The lowest BCUT2D eigenvalue weighted by Crippen LogP contribution is -2.26. The lowest BCUT2D eigenvalue weighted by atomic mass is 9.98. The van der Waals surface area contributed by atoms with Crippen molar-refractivity contribution < 1.29 is 38.7 Å². The molecule has 0 fully saturated rings. The van der Waals surface area contributed by atoms with E-state index >= 15 is 0 Å². The minimum absolute atomic E-state index is 0.309. The van der Waals surface area contributed by atoms with Gasteiger partial charge in [0.05, 0.1) is 0 Å². The van der Waals surface area contributed by atoms with Crippen LogP contribution in [0.4, 0.5) is 0 Å². The van der Waals surface area contributed by atoms with Crippen LogP contribution in [0.5, 0.6) is 11.5 Å². The van der Waals surface area contributed by atoms with E-state index in [1.165, 1.54) is 0 Å². The highest BCUT2D eigenvalue weighted by Crippen LogP contribution is 2.25. The fourth-order valence-electron chi connectivity index (χ4n) is 5.32. The predicted molar refractivity (Wildman–Crippen MR) is 197 cm³/mol. The molecule has 0 saturated heterocycles. The van der Waals surface area contributed by atoms with Crippen molar-refractivity contribution in [3.8, 4) is 22.6 Å². The van der Waals surface area contributed by atoms with E-state index < -0.39 is 24.1 Å². The van der Waals surface area contributed by atoms with Gasteiger partial charge in [-0.05, 0) is 109 Å². The highest BCUT2D eigenvalue weighted by atomic mass is 16.5. The number of allylic oxidation sites excluding steroid dienone is 2. The average Bonchev–Trinajstić information content (AvgIpc) is 3.12. The molecule has 0 amide bonds. The summed E-state index contributed by atoms with van der Waals surface area (Å²) in [5, 5.41) is 18.6. The number of hydrogen-bond acceptors (Lipinski definition) is 6. The summed E-state index contributed by atoms with van der Waals surface area (Å²) in [5.41, 5.74) is 8.46. The second-order valence-corrected chi connectivity index (χ2v) is 11.8. The second kappa shape index (κ2) is 19.1. The van der Waals surface area contributed by atoms with Gasteiger partial charge < -0.3 is 29.2 Å². The molecule has 0 saturated carbocycles. The second-order valence-electron chi connectivity index (χ2n) is 11.8. The van der Waals surface area contributed by atoms with E-state index in [0.29, 0.717) is 39.3 Å². The molecule has 262 valence electrons. The minimum Gasteiger partial charge on any atom is -0.490 e. The molecule has 4 aromatic rings. The van der Waals surface area contributed by atoms with E-state index in [1.54, 1.807) is 13.8 Å². The molecule has 8 nitrogen and oxygen atoms in total. The van der Waals surface area contributed by atoms with Crippen LogP contribution in [0.25, 0.3) is 22.3 Å². The number of carboxylic acids is 2. The standard InChI is InChI=1S/C42H46O8/c1-5-47-39(41(43)44)27-31-7-19-37(20-8-31)49-25-23-29(3)33-11-15-35(16-12-33)36-17-13-34(14-18-36)30(4)24-26-50-38-21-9-32(10-22-38)28-40(42(45)46)48-6-2/h7-24,39-40H,5-6,25-28H2,1-4H3,(H,43,44)(H,45,46)/b29-23+,30-24+. The molecule has 0 spiro atoms. The molecular weight excluding hydrogens is 632 g/mol. The molecule has 0 aliphatic rings. The number of carbonyl (C=O) groups is 2. The molecule has 50 heavy (non-hydrogen) atoms. The SMILES string of the molecule is CCOC(Cc1ccc(OC/C=C(\C)c2ccc(-c3ccc(/C(C)=C/COc4ccc(CC(OCC)C(=O)O)cc4)cc3)cc2)cc1)C(=O)O. The molecule has 2 N–H and O–H groups in total. The Balaban J connectivity index is 1.25. The van der Waals surface area contributed by atoms with Crippen molar-refractivity contribution in [3.63, 3.8) is 0 Å². The Hall–Kier alpha value is -5.18. The van der Waals surface area contributed by atoms with Crippen LogP contribution in [0, 0.1) is 0 Å². The first-order valence-electron chi connectivity index (χ1n) is 16.8. The maximum absolute atomic E-state index is 11.3. The van der Waals surface area contributed by atoms with Crippen LogP contribution in [-0.4, -0.2) is 60.8 Å². The van der Waals surface area contributed by atoms with Gasteiger partial charge in [0.15, 0.2) is 12.2 Å². The summed E-state index contributed by atoms with van der Waals surface area (Å²) in [4.78, 5) is 22.7. The van der Waals surface area contributed by atoms with Gasteiger partial charge in [-0.1, -0.05) is 72.8 Å². The summed E-state index contributed by atoms with van der Waals surface area (Å²) in [6.07, 6.45) is 3.00. The van der Waals surface area contributed by atoms with E-state index in [1.807, 2.05) is 60.7 Å². The van der Waals surface area contributed by atoms with E-state index in [-0.39, 0.29) is 0 Å². The molecule has 0 aliphatic carbocycles. The van der Waals surface area contributed by atoms with Gasteiger partial charge in [0.2, 0.25) is 0 Å². The fourth-order valence-corrected chi connectivity index (χ4v) is 5.32. The monoisotopic (exact) mass is 678 g/mol. The molecular formula is C42H46O8. The van der Waals surface area contributed by atoms with E-state index in [2.05, 4.69) is 62.4 Å². The summed E-state index contributed by atoms with van der Waals surface area (Å²) in [6.45, 7) is 9.23. The molecule has 4 aromatic carbocycles. The number of aliphatic carboxylic acids is 2. The third-order valence-electron chi connectivity index (χ3n) is 8.27. The Kier molecular flexibility index (Phi) is 14.4. The summed E-state index contributed by atoms with van der Waals surface area (Å²) >= 11 is 0. The lowest BCUT2D eigenvalue weighted by molar-refractivity contribution is -0.150. The summed E-state index contributed by atoms with van der Waals surface area (Å²) in [6, 6.07) is 31.8. The fraction of sp³-hybridized carbons (Fsp3) is 0.286. The van der Waals surface area contributed by atoms with Crippen molar-refractivity contribution in [2.45, 2.75) is 52.7 Å². The van der Waals surface area contributed by atoms with Crippen molar-refractivity contribution >= 4 is 23.1 Å². The first kappa shape index (κ1) is 37.6. The van der Waals surface area contributed by atoms with Gasteiger partial charge in [0.25, 0.3) is 0 Å². The minimum atomic E-state index is -0.962. The molecule has 0 radical (unpaired) electrons. The normalized spacial score (nSPS) is 13.0. The average molecular weight is 679 g/mol.